The van der Waals surface area contributed by atoms with Gasteiger partial charge in [0.15, 0.2) is 0 Å². The lowest BCUT2D eigenvalue weighted by molar-refractivity contribution is 0.0820. The van der Waals surface area contributed by atoms with Crippen LogP contribution in [0.25, 0.3) is 0 Å². The van der Waals surface area contributed by atoms with E-state index in [-0.39, 0.29) is 18.0 Å². The van der Waals surface area contributed by atoms with Crippen LogP contribution in [0, 0.1) is 5.82 Å². The first-order valence-corrected chi connectivity index (χ1v) is 7.54. The second kappa shape index (κ2) is 7.72. The number of aliphatic hydroxyl groups is 1. The summed E-state index contributed by atoms with van der Waals surface area (Å²) in [5, 5.41) is 12.9. The van der Waals surface area contributed by atoms with Crippen molar-refractivity contribution in [1.82, 2.24) is 10.2 Å². The molecule has 4 heteroatoms. The molecule has 2 N–H and O–H groups in total. The van der Waals surface area contributed by atoms with Gasteiger partial charge < -0.3 is 15.3 Å². The van der Waals surface area contributed by atoms with Crippen LogP contribution in [0.15, 0.2) is 24.3 Å². The zero-order valence-corrected chi connectivity index (χ0v) is 12.2. The third-order valence-electron chi connectivity index (χ3n) is 4.03. The van der Waals surface area contributed by atoms with Crippen molar-refractivity contribution in [3.8, 4) is 0 Å². The Morgan fingerprint density at radius 2 is 1.95 bits per heavy atom. The van der Waals surface area contributed by atoms with E-state index in [4.69, 9.17) is 0 Å². The lowest BCUT2D eigenvalue weighted by Gasteiger charge is -2.29. The molecule has 0 amide bonds. The van der Waals surface area contributed by atoms with Gasteiger partial charge in [-0.15, -0.1) is 0 Å². The first-order valence-electron chi connectivity index (χ1n) is 7.54. The predicted molar refractivity (Wildman–Crippen MR) is 79.1 cm³/mol. The highest BCUT2D eigenvalue weighted by molar-refractivity contribution is 5.19. The number of likely N-dealkylation sites (tertiary alicyclic amines) is 1. The minimum Gasteiger partial charge on any atom is -0.393 e. The van der Waals surface area contributed by atoms with Crippen molar-refractivity contribution in [2.45, 2.75) is 38.3 Å². The number of benzene rings is 1. The number of hydrogen-bond acceptors (Lipinski definition) is 3. The molecule has 0 saturated carbocycles. The van der Waals surface area contributed by atoms with E-state index in [0.29, 0.717) is 0 Å². The minimum atomic E-state index is -0.187. The van der Waals surface area contributed by atoms with Gasteiger partial charge in [-0.2, -0.15) is 0 Å². The van der Waals surface area contributed by atoms with E-state index < -0.39 is 0 Å². The third kappa shape index (κ3) is 4.85. The van der Waals surface area contributed by atoms with Gasteiger partial charge in [-0.05, 0) is 57.0 Å². The van der Waals surface area contributed by atoms with Gasteiger partial charge >= 0.3 is 0 Å². The van der Waals surface area contributed by atoms with E-state index in [0.717, 1.165) is 51.0 Å². The molecular weight excluding hydrogens is 255 g/mol. The largest absolute Gasteiger partial charge is 0.393 e. The Morgan fingerprint density at radius 3 is 2.60 bits per heavy atom. The quantitative estimate of drug-likeness (QED) is 0.785. The molecule has 1 atom stereocenters. The van der Waals surface area contributed by atoms with Crippen molar-refractivity contribution in [3.05, 3.63) is 35.6 Å². The monoisotopic (exact) mass is 280 g/mol. The Morgan fingerprint density at radius 1 is 1.30 bits per heavy atom. The molecule has 0 aliphatic carbocycles. The minimum absolute atomic E-state index is 0.0946. The maximum absolute atomic E-state index is 12.8. The Labute approximate surface area is 120 Å². The smallest absolute Gasteiger partial charge is 0.123 e. The molecule has 2 rings (SSSR count). The summed E-state index contributed by atoms with van der Waals surface area (Å²) in [6.07, 6.45) is 2.81. The topological polar surface area (TPSA) is 35.5 Å². The molecule has 112 valence electrons. The van der Waals surface area contributed by atoms with E-state index in [1.807, 2.05) is 12.1 Å². The fraction of sp³-hybridized carbons (Fsp3) is 0.625. The number of rotatable bonds is 6. The highest BCUT2D eigenvalue weighted by Crippen LogP contribution is 2.13. The summed E-state index contributed by atoms with van der Waals surface area (Å²) < 4.78 is 12.8. The van der Waals surface area contributed by atoms with Crippen LogP contribution >= 0.6 is 0 Å². The summed E-state index contributed by atoms with van der Waals surface area (Å²) >= 11 is 0. The van der Waals surface area contributed by atoms with Gasteiger partial charge in [0.25, 0.3) is 0 Å². The van der Waals surface area contributed by atoms with Crippen molar-refractivity contribution in [3.63, 3.8) is 0 Å². The molecular formula is C16H25FN2O. The number of piperidine rings is 1. The Kier molecular flexibility index (Phi) is 5.95. The highest BCUT2D eigenvalue weighted by atomic mass is 19.1. The average molecular weight is 280 g/mol. The SMILES string of the molecule is CC(NCCCN1CCC(O)CC1)c1ccc(F)cc1. The molecule has 1 aliphatic heterocycles. The molecule has 1 unspecified atom stereocenters. The summed E-state index contributed by atoms with van der Waals surface area (Å²) in [6.45, 7) is 6.15. The molecule has 0 spiro atoms. The molecule has 1 aromatic carbocycles. The fourth-order valence-electron chi connectivity index (χ4n) is 2.63. The molecule has 1 fully saturated rings. The van der Waals surface area contributed by atoms with Crippen LogP contribution in [-0.2, 0) is 0 Å². The van der Waals surface area contributed by atoms with E-state index in [2.05, 4.69) is 17.1 Å². The summed E-state index contributed by atoms with van der Waals surface area (Å²) in [6, 6.07) is 6.93. The molecule has 0 aromatic heterocycles. The van der Waals surface area contributed by atoms with Crippen LogP contribution < -0.4 is 5.32 Å². The average Bonchev–Trinajstić information content (AvgIpc) is 2.46. The Balaban J connectivity index is 1.62. The molecule has 1 aliphatic rings. The van der Waals surface area contributed by atoms with Crippen LogP contribution in [0.3, 0.4) is 0 Å². The number of nitrogens with zero attached hydrogens (tertiary/aromatic N) is 1. The molecule has 1 saturated heterocycles. The van der Waals surface area contributed by atoms with E-state index in [1.165, 1.54) is 12.1 Å². The van der Waals surface area contributed by atoms with Crippen molar-refractivity contribution >= 4 is 0 Å². The van der Waals surface area contributed by atoms with E-state index >= 15 is 0 Å². The van der Waals surface area contributed by atoms with Gasteiger partial charge in [0.05, 0.1) is 6.10 Å². The predicted octanol–water partition coefficient (Wildman–Crippen LogP) is 2.32. The van der Waals surface area contributed by atoms with Crippen molar-refractivity contribution in [2.24, 2.45) is 0 Å². The van der Waals surface area contributed by atoms with Gasteiger partial charge in [0.2, 0.25) is 0 Å². The van der Waals surface area contributed by atoms with Gasteiger partial charge in [-0.1, -0.05) is 12.1 Å². The summed E-state index contributed by atoms with van der Waals surface area (Å²) in [4.78, 5) is 2.41. The summed E-state index contributed by atoms with van der Waals surface area (Å²) in [7, 11) is 0. The van der Waals surface area contributed by atoms with Crippen molar-refractivity contribution in [2.75, 3.05) is 26.2 Å². The maximum Gasteiger partial charge on any atom is 0.123 e. The van der Waals surface area contributed by atoms with Crippen LogP contribution in [0.5, 0.6) is 0 Å². The van der Waals surface area contributed by atoms with Crippen LogP contribution in [0.4, 0.5) is 4.39 Å². The number of nitrogens with one attached hydrogen (secondary N) is 1. The first kappa shape index (κ1) is 15.4. The normalized spacial score (nSPS) is 19.1. The van der Waals surface area contributed by atoms with E-state index in [9.17, 15) is 9.50 Å². The van der Waals surface area contributed by atoms with Crippen LogP contribution in [0.1, 0.15) is 37.8 Å². The second-order valence-corrected chi connectivity index (χ2v) is 5.65. The number of aliphatic hydroxyl groups excluding tert-OH is 1. The molecule has 20 heavy (non-hydrogen) atoms. The standard InChI is InChI=1S/C16H25FN2O/c1-13(14-3-5-15(17)6-4-14)18-9-2-10-19-11-7-16(20)8-12-19/h3-6,13,16,18,20H,2,7-12H2,1H3. The lowest BCUT2D eigenvalue weighted by atomic mass is 10.1. The highest BCUT2D eigenvalue weighted by Gasteiger charge is 2.16. The zero-order valence-electron chi connectivity index (χ0n) is 12.2. The number of hydrogen-bond donors (Lipinski definition) is 2. The van der Waals surface area contributed by atoms with Gasteiger partial charge in [0.1, 0.15) is 5.82 Å². The van der Waals surface area contributed by atoms with Gasteiger partial charge in [-0.25, -0.2) is 4.39 Å². The third-order valence-corrected chi connectivity index (χ3v) is 4.03. The Bertz CT molecular complexity index is 388. The van der Waals surface area contributed by atoms with Crippen LogP contribution in [-0.4, -0.2) is 42.3 Å². The van der Waals surface area contributed by atoms with Crippen molar-refractivity contribution in [1.29, 1.82) is 0 Å². The van der Waals surface area contributed by atoms with E-state index in [1.54, 1.807) is 0 Å². The first-order chi connectivity index (χ1) is 9.65. The van der Waals surface area contributed by atoms with Gasteiger partial charge in [0, 0.05) is 19.1 Å². The number of halogens is 1. The second-order valence-electron chi connectivity index (χ2n) is 5.65. The molecule has 3 nitrogen and oxygen atoms in total. The zero-order chi connectivity index (χ0) is 14.4. The molecule has 1 heterocycles. The summed E-state index contributed by atoms with van der Waals surface area (Å²) in [5.74, 6) is -0.187. The van der Waals surface area contributed by atoms with Crippen LogP contribution in [0.2, 0.25) is 0 Å². The fourth-order valence-corrected chi connectivity index (χ4v) is 2.63. The van der Waals surface area contributed by atoms with Gasteiger partial charge in [-0.3, -0.25) is 0 Å². The maximum atomic E-state index is 12.8. The lowest BCUT2D eigenvalue weighted by Crippen LogP contribution is -2.37. The molecule has 1 aromatic rings. The molecule has 0 radical (unpaired) electrons. The molecule has 0 bridgehead atoms. The Hall–Kier alpha value is -0.970. The van der Waals surface area contributed by atoms with Crippen molar-refractivity contribution < 1.29 is 9.50 Å². The summed E-state index contributed by atoms with van der Waals surface area (Å²) in [5.41, 5.74) is 1.12.